The Bertz CT molecular complexity index is 424. The fourth-order valence-electron chi connectivity index (χ4n) is 1.24. The normalized spacial score (nSPS) is 11.9. The maximum absolute atomic E-state index is 12.4. The van der Waals surface area contributed by atoms with Gasteiger partial charge in [-0.25, -0.2) is 0 Å². The Balaban J connectivity index is 2.24. The van der Waals surface area contributed by atoms with Gasteiger partial charge < -0.3 is 0 Å². The van der Waals surface area contributed by atoms with Gasteiger partial charge in [0.05, 0.1) is 5.56 Å². The predicted molar refractivity (Wildman–Crippen MR) is 87.0 cm³/mol. The summed E-state index contributed by atoms with van der Waals surface area (Å²) in [5.74, 6) is 2.48. The van der Waals surface area contributed by atoms with Crippen LogP contribution in [0, 0.1) is 0 Å². The molecule has 0 amide bonds. The number of rotatable bonds is 8. The molecule has 0 heterocycles. The van der Waals surface area contributed by atoms with E-state index in [1.807, 2.05) is 11.5 Å². The van der Waals surface area contributed by atoms with E-state index in [0.717, 1.165) is 29.2 Å². The summed E-state index contributed by atoms with van der Waals surface area (Å²) >= 11 is 1.67. The highest BCUT2D eigenvalue weighted by Gasteiger charge is 2.29. The van der Waals surface area contributed by atoms with E-state index in [1.54, 1.807) is 33.3 Å². The third-order valence-electron chi connectivity index (χ3n) is 2.17. The molecule has 1 aromatic carbocycles. The van der Waals surface area contributed by atoms with Crippen LogP contribution < -0.4 is 0 Å². The van der Waals surface area contributed by atoms with Gasteiger partial charge in [0.15, 0.2) is 0 Å². The molecule has 0 radical (unpaired) electrons. The van der Waals surface area contributed by atoms with Gasteiger partial charge in [0, 0.05) is 17.3 Å². The highest BCUT2D eigenvalue weighted by molar-refractivity contribution is 8.77. The van der Waals surface area contributed by atoms with Gasteiger partial charge in [-0.3, -0.25) is 0 Å². The number of hydrogen-bond donors (Lipinski definition) is 0. The van der Waals surface area contributed by atoms with Crippen molar-refractivity contribution in [3.63, 3.8) is 0 Å². The molecular weight excluding hydrogens is 321 g/mol. The first kappa shape index (κ1) is 17.6. The topological polar surface area (TPSA) is 0 Å². The first-order valence-corrected chi connectivity index (χ1v) is 9.36. The van der Waals surface area contributed by atoms with Crippen molar-refractivity contribution in [2.45, 2.75) is 11.9 Å². The van der Waals surface area contributed by atoms with E-state index in [9.17, 15) is 13.2 Å². The Labute approximate surface area is 129 Å². The molecule has 0 N–H and O–H groups in total. The van der Waals surface area contributed by atoms with Gasteiger partial charge in [0.2, 0.25) is 0 Å². The summed E-state index contributed by atoms with van der Waals surface area (Å²) in [6, 6.07) is 5.34. The minimum Gasteiger partial charge on any atom is -0.166 e. The van der Waals surface area contributed by atoms with Crippen LogP contribution in [0.25, 0.3) is 0 Å². The van der Waals surface area contributed by atoms with Gasteiger partial charge in [0.1, 0.15) is 0 Å². The molecule has 1 aromatic rings. The lowest BCUT2D eigenvalue weighted by molar-refractivity contribution is -0.137. The number of halogens is 3. The molecule has 0 saturated carbocycles. The number of alkyl halides is 3. The van der Waals surface area contributed by atoms with Crippen molar-refractivity contribution in [3.8, 4) is 0 Å². The average molecular weight is 336 g/mol. The van der Waals surface area contributed by atoms with E-state index < -0.39 is 11.7 Å². The highest BCUT2D eigenvalue weighted by Crippen LogP contribution is 2.29. The molecule has 0 fully saturated rings. The first-order chi connectivity index (χ1) is 9.54. The van der Waals surface area contributed by atoms with Crippen LogP contribution >= 0.6 is 33.3 Å². The monoisotopic (exact) mass is 336 g/mol. The van der Waals surface area contributed by atoms with Crippen LogP contribution in [0.3, 0.4) is 0 Å². The molecule has 0 bridgehead atoms. The van der Waals surface area contributed by atoms with Gasteiger partial charge in [-0.15, -0.1) is 6.58 Å². The van der Waals surface area contributed by atoms with E-state index in [2.05, 4.69) is 12.7 Å². The van der Waals surface area contributed by atoms with Crippen molar-refractivity contribution in [1.29, 1.82) is 0 Å². The molecule has 0 aliphatic rings. The minimum atomic E-state index is -4.26. The number of benzene rings is 1. The lowest BCUT2D eigenvalue weighted by atomic mass is 10.1. The molecule has 0 saturated heterocycles. The summed E-state index contributed by atoms with van der Waals surface area (Å²) in [7, 11) is 3.36. The van der Waals surface area contributed by atoms with Crippen LogP contribution in [0.5, 0.6) is 0 Å². The molecule has 6 heteroatoms. The second-order valence-electron chi connectivity index (χ2n) is 3.75. The lowest BCUT2D eigenvalue weighted by Gasteiger charge is -2.07. The van der Waals surface area contributed by atoms with Crippen molar-refractivity contribution in [2.24, 2.45) is 0 Å². The Morgan fingerprint density at radius 3 is 2.40 bits per heavy atom. The summed E-state index contributed by atoms with van der Waals surface area (Å²) in [5, 5.41) is 2.02. The van der Waals surface area contributed by atoms with Gasteiger partial charge >= 0.3 is 6.18 Å². The third kappa shape index (κ3) is 7.36. The molecule has 0 atom stereocenters. The predicted octanol–water partition coefficient (Wildman–Crippen LogP) is 6.02. The van der Waals surface area contributed by atoms with Crippen LogP contribution in [0.2, 0.25) is 0 Å². The quantitative estimate of drug-likeness (QED) is 0.324. The molecule has 0 aliphatic carbocycles. The Kier molecular flexibility index (Phi) is 8.33. The van der Waals surface area contributed by atoms with Gasteiger partial charge in [-0.05, 0) is 23.1 Å². The maximum Gasteiger partial charge on any atom is 0.416 e. The van der Waals surface area contributed by atoms with Crippen molar-refractivity contribution in [3.05, 3.63) is 59.5 Å². The lowest BCUT2D eigenvalue weighted by Crippen LogP contribution is -2.04. The summed E-state index contributed by atoms with van der Waals surface area (Å²) < 4.78 is 37.1. The van der Waals surface area contributed by atoms with Crippen molar-refractivity contribution in [1.82, 2.24) is 0 Å². The van der Waals surface area contributed by atoms with Crippen LogP contribution in [0.15, 0.2) is 48.4 Å². The fraction of sp³-hybridized carbons (Fsp3) is 0.286. The van der Waals surface area contributed by atoms with Crippen LogP contribution in [0.4, 0.5) is 13.2 Å². The maximum atomic E-state index is 12.4. The number of hydrogen-bond acceptors (Lipinski definition) is 3. The first-order valence-electron chi connectivity index (χ1n) is 5.82. The molecule has 0 aliphatic heterocycles. The second kappa shape index (κ2) is 9.47. The largest absolute Gasteiger partial charge is 0.416 e. The highest BCUT2D eigenvalue weighted by atomic mass is 33.1. The summed E-state index contributed by atoms with van der Waals surface area (Å²) in [6.07, 6.45) is -0.352. The van der Waals surface area contributed by atoms with E-state index >= 15 is 0 Å². The van der Waals surface area contributed by atoms with Gasteiger partial charge in [0.25, 0.3) is 0 Å². The number of thioether (sulfide) groups is 1. The van der Waals surface area contributed by atoms with Crippen LogP contribution in [0.1, 0.15) is 11.1 Å². The molecule has 0 aromatic heterocycles. The molecule has 110 valence electrons. The minimum absolute atomic E-state index is 0.596. The third-order valence-corrected chi connectivity index (χ3v) is 5.10. The zero-order valence-electron chi connectivity index (χ0n) is 10.7. The molecule has 20 heavy (non-hydrogen) atoms. The van der Waals surface area contributed by atoms with Crippen molar-refractivity contribution in [2.75, 3.05) is 11.5 Å². The Morgan fingerprint density at radius 2 is 1.80 bits per heavy atom. The van der Waals surface area contributed by atoms with E-state index in [4.69, 9.17) is 0 Å². The standard InChI is InChI=1S/C14H15F3S3/c1-2-8-19-20-10-3-9-18-11-12-4-6-13(7-5-12)14(15,16)17/h2-7,10H,1,8-9,11H2/b10-3+. The average Bonchev–Trinajstić information content (AvgIpc) is 2.41. The fourth-order valence-corrected chi connectivity index (χ4v) is 3.56. The van der Waals surface area contributed by atoms with Crippen LogP contribution in [-0.2, 0) is 11.9 Å². The van der Waals surface area contributed by atoms with E-state index in [1.165, 1.54) is 12.1 Å². The molecule has 0 spiro atoms. The SMILES string of the molecule is C=CCSS/C=C/CSCc1ccc(C(F)(F)F)cc1. The van der Waals surface area contributed by atoms with E-state index in [-0.39, 0.29) is 0 Å². The smallest absolute Gasteiger partial charge is 0.166 e. The summed E-state index contributed by atoms with van der Waals surface area (Å²) in [5.41, 5.74) is 0.312. The van der Waals surface area contributed by atoms with Crippen LogP contribution in [-0.4, -0.2) is 11.5 Å². The molecule has 0 unspecified atom stereocenters. The summed E-state index contributed by atoms with van der Waals surface area (Å²) in [6.45, 7) is 3.63. The second-order valence-corrected chi connectivity index (χ2v) is 7.10. The van der Waals surface area contributed by atoms with Gasteiger partial charge in [-0.2, -0.15) is 24.9 Å². The zero-order chi connectivity index (χ0) is 14.8. The molecular formula is C14H15F3S3. The van der Waals surface area contributed by atoms with E-state index in [0.29, 0.717) is 5.75 Å². The van der Waals surface area contributed by atoms with Crippen molar-refractivity contribution < 1.29 is 13.2 Å². The Morgan fingerprint density at radius 1 is 1.10 bits per heavy atom. The van der Waals surface area contributed by atoms with Crippen molar-refractivity contribution >= 4 is 33.3 Å². The summed E-state index contributed by atoms with van der Waals surface area (Å²) in [4.78, 5) is 0. The molecule has 1 rings (SSSR count). The Hall–Kier alpha value is -0.460. The zero-order valence-corrected chi connectivity index (χ0v) is 13.2. The van der Waals surface area contributed by atoms with Gasteiger partial charge in [-0.1, -0.05) is 45.9 Å². The molecule has 0 nitrogen and oxygen atoms in total.